The van der Waals surface area contributed by atoms with Crippen LogP contribution in [0.3, 0.4) is 0 Å². The van der Waals surface area contributed by atoms with Gasteiger partial charge in [0.25, 0.3) is 0 Å². The largest absolute Gasteiger partial charge is 0.504 e. The van der Waals surface area contributed by atoms with Gasteiger partial charge in [0.2, 0.25) is 0 Å². The zero-order valence-corrected chi connectivity index (χ0v) is 70.0. The minimum atomic E-state index is -1.52. The monoisotopic (exact) mass is 1730 g/mol. The molecule has 572 valence electrons. The second kappa shape index (κ2) is 41.6. The number of aromatic hydroxyl groups is 1. The van der Waals surface area contributed by atoms with Crippen LogP contribution in [0.5, 0.6) is 57.5 Å². The summed E-state index contributed by atoms with van der Waals surface area (Å²) in [4.78, 5) is 34.4. The van der Waals surface area contributed by atoms with Crippen LogP contribution in [0.15, 0.2) is 177 Å². The van der Waals surface area contributed by atoms with Crippen molar-refractivity contribution in [1.29, 1.82) is 0 Å². The summed E-state index contributed by atoms with van der Waals surface area (Å²) in [5.41, 5.74) is 6.21. The molecular formula is C87H102Br4O15Si. The van der Waals surface area contributed by atoms with Crippen molar-refractivity contribution in [3.8, 4) is 57.5 Å². The van der Waals surface area contributed by atoms with Gasteiger partial charge in [0.05, 0.1) is 73.8 Å². The molecule has 14 rings (SSSR count). The van der Waals surface area contributed by atoms with Crippen LogP contribution in [-0.2, 0) is 10.3 Å². The summed E-state index contributed by atoms with van der Waals surface area (Å²) in [6.45, 7) is 7.12. The molecule has 8 aromatic rings. The van der Waals surface area contributed by atoms with E-state index in [-0.39, 0.29) is 41.2 Å². The van der Waals surface area contributed by atoms with Gasteiger partial charge in [-0.3, -0.25) is 14.4 Å². The molecule has 0 bridgehead atoms. The van der Waals surface area contributed by atoms with E-state index in [1.54, 1.807) is 77.0 Å². The fourth-order valence-electron chi connectivity index (χ4n) is 14.0. The maximum atomic E-state index is 12.6. The SMILES string of the molecule is BrC1CCCC1.COc1ccc(C(=O)c2ccc(Br)cc2)cc1OC1CCCC1.COc1ccc(C(O)c2ccc(Br)cc2)cc1OC1CCCC1.COc1ccc(C2(c3ccc(Br)cc3)OC2[Si](C)(C)C)cc1OC1CCCC1.COc1ccc(C=O)cc1O.COc1ccc(C=O)cc1OC1CCCC1. The molecule has 5 aliphatic carbocycles. The predicted octanol–water partition coefficient (Wildman–Crippen LogP) is 22.5. The Kier molecular flexibility index (Phi) is 32.6. The first-order valence-electron chi connectivity index (χ1n) is 37.2. The van der Waals surface area contributed by atoms with Crippen LogP contribution < -0.4 is 42.6 Å². The van der Waals surface area contributed by atoms with Crippen LogP contribution in [0.4, 0.5) is 0 Å². The van der Waals surface area contributed by atoms with Crippen LogP contribution in [0.25, 0.3) is 0 Å². The maximum absolute atomic E-state index is 12.6. The average molecular weight is 1740 g/mol. The van der Waals surface area contributed by atoms with Crippen molar-refractivity contribution in [2.75, 3.05) is 35.5 Å². The van der Waals surface area contributed by atoms with Gasteiger partial charge in [0.15, 0.2) is 63.3 Å². The van der Waals surface area contributed by atoms with Crippen molar-refractivity contribution >= 4 is 90.1 Å². The normalized spacial score (nSPS) is 18.0. The lowest BCUT2D eigenvalue weighted by Gasteiger charge is -2.22. The van der Waals surface area contributed by atoms with Crippen molar-refractivity contribution in [1.82, 2.24) is 0 Å². The van der Waals surface area contributed by atoms with E-state index in [1.165, 1.54) is 95.8 Å². The number of hydrogen-bond acceptors (Lipinski definition) is 15. The minimum absolute atomic E-state index is 0.0166. The number of hydrogen-bond donors (Lipinski definition) is 2. The fourth-order valence-corrected chi connectivity index (χ4v) is 17.5. The Labute approximate surface area is 666 Å². The van der Waals surface area contributed by atoms with E-state index >= 15 is 0 Å². The molecule has 1 aliphatic heterocycles. The summed E-state index contributed by atoms with van der Waals surface area (Å²) in [6.07, 6.45) is 26.0. The average Bonchev–Trinajstić information content (AvgIpc) is 1.54. The molecule has 6 fully saturated rings. The van der Waals surface area contributed by atoms with Gasteiger partial charge in [0, 0.05) is 40.5 Å². The number of aliphatic hydroxyl groups is 1. The number of ketones is 1. The molecule has 0 spiro atoms. The van der Waals surface area contributed by atoms with Gasteiger partial charge in [0.1, 0.15) is 24.3 Å². The molecule has 15 nitrogen and oxygen atoms in total. The first-order valence-corrected chi connectivity index (χ1v) is 44.0. The lowest BCUT2D eigenvalue weighted by Crippen LogP contribution is -2.34. The lowest BCUT2D eigenvalue weighted by molar-refractivity contribution is 0.103. The standard InChI is InChI=1S/C23H29BrO3Si.C19H21BrO3.C19H19BrO3.C13H16O3.C8H8O3.C5H9Br/c1-25-20-14-11-17(15-21(20)26-19-7-5-6-8-19)23(22(27-23)28(2,3)4)16-9-12-18(24)13-10-16;2*1-22-17-11-8-14(12-18(17)23-16-4-2-3-5-16)19(21)13-6-9-15(20)10-7-13;1-15-12-7-6-10(9-14)8-13(12)16-11-4-2-3-5-11;1-11-8-3-2-6(5-9)4-7(8)10;6-5-3-1-2-4-5/h9-15,19,22H,5-8H2,1-4H3;6-12,16,19,21H,2-5H2,1H3;6-12,16H,2-5H2,1H3;6-9,11H,2-5H2,1H3;2-5,10H,1H3;5H,1-4H2. The number of ether oxygens (including phenoxy) is 10. The number of aliphatic hydroxyl groups excluding tert-OH is 1. The lowest BCUT2D eigenvalue weighted by atomic mass is 9.91. The van der Waals surface area contributed by atoms with Gasteiger partial charge in [-0.2, -0.15) is 0 Å². The van der Waals surface area contributed by atoms with Crippen molar-refractivity contribution in [2.24, 2.45) is 0 Å². The molecule has 1 saturated heterocycles. The Bertz CT molecular complexity index is 4100. The summed E-state index contributed by atoms with van der Waals surface area (Å²) in [7, 11) is 6.51. The summed E-state index contributed by atoms with van der Waals surface area (Å²) >= 11 is 13.9. The number of aldehydes is 2. The molecule has 0 aromatic heterocycles. The number of phenolic OH excluding ortho intramolecular Hbond substituents is 1. The van der Waals surface area contributed by atoms with Crippen LogP contribution in [-0.4, -0.2) is 107 Å². The van der Waals surface area contributed by atoms with Gasteiger partial charge in [-0.1, -0.05) is 133 Å². The van der Waals surface area contributed by atoms with Crippen molar-refractivity contribution in [3.63, 3.8) is 0 Å². The molecule has 20 heteroatoms. The first-order chi connectivity index (χ1) is 51.7. The quantitative estimate of drug-likeness (QED) is 0.0214. The molecule has 0 amide bonds. The smallest absolute Gasteiger partial charge is 0.193 e. The van der Waals surface area contributed by atoms with E-state index in [0.29, 0.717) is 74.9 Å². The maximum Gasteiger partial charge on any atom is 0.193 e. The van der Waals surface area contributed by atoms with Crippen molar-refractivity contribution in [3.05, 3.63) is 222 Å². The highest BCUT2D eigenvalue weighted by atomic mass is 79.9. The van der Waals surface area contributed by atoms with Gasteiger partial charge in [-0.15, -0.1) is 0 Å². The van der Waals surface area contributed by atoms with Crippen LogP contribution in [0.2, 0.25) is 19.6 Å². The number of halogens is 4. The summed E-state index contributed by atoms with van der Waals surface area (Å²) in [5.74, 6) is 6.10. The second-order valence-corrected chi connectivity index (χ2v) is 37.9. The number of alkyl halides is 1. The van der Waals surface area contributed by atoms with Crippen LogP contribution in [0, 0.1) is 0 Å². The molecular weight excluding hydrogens is 1630 g/mol. The third-order valence-electron chi connectivity index (χ3n) is 19.8. The Morgan fingerprint density at radius 1 is 0.421 bits per heavy atom. The van der Waals surface area contributed by atoms with E-state index in [4.69, 9.17) is 52.5 Å². The summed E-state index contributed by atoms with van der Waals surface area (Å²) in [6, 6.07) is 50.6. The molecule has 5 saturated carbocycles. The van der Waals surface area contributed by atoms with Gasteiger partial charge in [-0.25, -0.2) is 0 Å². The van der Waals surface area contributed by atoms with Gasteiger partial charge < -0.3 is 57.6 Å². The van der Waals surface area contributed by atoms with Crippen molar-refractivity contribution in [2.45, 2.75) is 195 Å². The number of phenols is 1. The molecule has 0 radical (unpaired) electrons. The van der Waals surface area contributed by atoms with Gasteiger partial charge >= 0.3 is 0 Å². The van der Waals surface area contributed by atoms with E-state index < -0.39 is 14.2 Å². The number of carbonyl (C=O) groups excluding carboxylic acids is 3. The van der Waals surface area contributed by atoms with Crippen LogP contribution >= 0.6 is 63.7 Å². The minimum Gasteiger partial charge on any atom is -0.504 e. The second-order valence-electron chi connectivity index (χ2n) is 28.6. The number of rotatable bonds is 22. The summed E-state index contributed by atoms with van der Waals surface area (Å²) in [5, 5.41) is 19.8. The molecule has 2 N–H and O–H groups in total. The van der Waals surface area contributed by atoms with Crippen LogP contribution in [0.1, 0.15) is 193 Å². The molecule has 3 unspecified atom stereocenters. The zero-order valence-electron chi connectivity index (χ0n) is 62.6. The Morgan fingerprint density at radius 3 is 1.18 bits per heavy atom. The topological polar surface area (TPSA) is 187 Å². The number of epoxide rings is 1. The predicted molar refractivity (Wildman–Crippen MR) is 439 cm³/mol. The Balaban J connectivity index is 0.000000155. The number of methoxy groups -OCH3 is 5. The highest BCUT2D eigenvalue weighted by molar-refractivity contribution is 9.11. The Morgan fingerprint density at radius 2 is 0.766 bits per heavy atom. The van der Waals surface area contributed by atoms with E-state index in [0.717, 1.165) is 104 Å². The zero-order chi connectivity index (χ0) is 76.5. The molecule has 1 heterocycles. The third-order valence-corrected chi connectivity index (χ3v) is 24.4. The van der Waals surface area contributed by atoms with Gasteiger partial charge in [-0.05, 0) is 265 Å². The highest BCUT2D eigenvalue weighted by Gasteiger charge is 2.64. The first kappa shape index (κ1) is 83.9. The molecule has 3 atom stereocenters. The van der Waals surface area contributed by atoms with Crippen molar-refractivity contribution < 1.29 is 72.0 Å². The van der Waals surface area contributed by atoms with E-state index in [1.807, 2.05) is 72.8 Å². The summed E-state index contributed by atoms with van der Waals surface area (Å²) < 4.78 is 60.3. The molecule has 8 aromatic carbocycles. The van der Waals surface area contributed by atoms with E-state index in [2.05, 4.69) is 120 Å². The number of carbonyl (C=O) groups is 3. The molecule has 107 heavy (non-hydrogen) atoms. The van der Waals surface area contributed by atoms with E-state index in [9.17, 15) is 19.5 Å². The fraction of sp³-hybridized carbons (Fsp3) is 0.414. The third kappa shape index (κ3) is 24.2. The highest BCUT2D eigenvalue weighted by Crippen LogP contribution is 2.56. The molecule has 6 aliphatic rings. The number of benzene rings is 8. The Hall–Kier alpha value is -7.17.